The first-order valence-corrected chi connectivity index (χ1v) is 20.4. The number of aromatic nitrogens is 2. The van der Waals surface area contributed by atoms with E-state index in [0.29, 0.717) is 12.0 Å². The van der Waals surface area contributed by atoms with Crippen LogP contribution in [0.3, 0.4) is 0 Å². The molecule has 0 radical (unpaired) electrons. The smallest absolute Gasteiger partial charge is 0.241 e. The predicted octanol–water partition coefficient (Wildman–Crippen LogP) is 14.1. The predicted molar refractivity (Wildman–Crippen MR) is 199 cm³/mol. The van der Waals surface area contributed by atoms with Crippen molar-refractivity contribution in [3.63, 3.8) is 0 Å². The van der Waals surface area contributed by atoms with Crippen molar-refractivity contribution in [2.24, 2.45) is 5.92 Å². The molecule has 2 heteroatoms. The van der Waals surface area contributed by atoms with Crippen molar-refractivity contribution in [3.8, 4) is 0 Å². The van der Waals surface area contributed by atoms with Crippen LogP contribution in [0.1, 0.15) is 212 Å². The summed E-state index contributed by atoms with van der Waals surface area (Å²) in [5, 5.41) is 0. The molecule has 1 aromatic carbocycles. The lowest BCUT2D eigenvalue weighted by atomic mass is 9.84. The van der Waals surface area contributed by atoms with Crippen LogP contribution in [-0.4, -0.2) is 4.98 Å². The normalized spacial score (nSPS) is 12.9. The number of nitrogens with zero attached hydrogens (tertiary/aromatic N) is 1. The van der Waals surface area contributed by atoms with Crippen molar-refractivity contribution in [1.82, 2.24) is 4.98 Å². The molecule has 2 aromatic rings. The number of hydrogen-bond acceptors (Lipinski definition) is 0. The third-order valence-corrected chi connectivity index (χ3v) is 10.4. The van der Waals surface area contributed by atoms with Crippen LogP contribution in [0, 0.1) is 5.92 Å². The molecule has 0 amide bonds. The van der Waals surface area contributed by atoms with Crippen LogP contribution < -0.4 is 4.57 Å². The van der Waals surface area contributed by atoms with Gasteiger partial charge in [0, 0.05) is 5.92 Å². The Labute approximate surface area is 282 Å². The second-order valence-corrected chi connectivity index (χ2v) is 14.5. The SMILES string of the molecule is CCCCCCCCCCCCCCCCC(Cc1ccccc1)C(CCCCCCCCCCCCCCC)[n+]1cc[nH]c1. The molecule has 0 aliphatic rings. The number of aromatic amines is 1. The fourth-order valence-corrected chi connectivity index (χ4v) is 7.46. The van der Waals surface area contributed by atoms with Crippen LogP contribution in [-0.2, 0) is 6.42 Å². The van der Waals surface area contributed by atoms with Gasteiger partial charge in [-0.1, -0.05) is 211 Å². The van der Waals surface area contributed by atoms with E-state index >= 15 is 0 Å². The fourth-order valence-electron chi connectivity index (χ4n) is 7.46. The van der Waals surface area contributed by atoms with Crippen LogP contribution >= 0.6 is 0 Å². The number of H-pyrrole nitrogens is 1. The van der Waals surface area contributed by atoms with Crippen molar-refractivity contribution in [3.05, 3.63) is 54.6 Å². The number of rotatable bonds is 33. The molecule has 0 aliphatic heterocycles. The molecule has 1 N–H and O–H groups in total. The Morgan fingerprint density at radius 3 is 1.29 bits per heavy atom. The molecular formula is C43H77N2+. The van der Waals surface area contributed by atoms with Gasteiger partial charge in [-0.25, -0.2) is 4.57 Å². The van der Waals surface area contributed by atoms with Gasteiger partial charge in [-0.3, -0.25) is 4.98 Å². The van der Waals surface area contributed by atoms with Gasteiger partial charge in [0.2, 0.25) is 6.33 Å². The van der Waals surface area contributed by atoms with E-state index in [4.69, 9.17) is 0 Å². The Morgan fingerprint density at radius 1 is 0.489 bits per heavy atom. The minimum atomic E-state index is 0.603. The monoisotopic (exact) mass is 622 g/mol. The van der Waals surface area contributed by atoms with Gasteiger partial charge < -0.3 is 0 Å². The van der Waals surface area contributed by atoms with Gasteiger partial charge in [-0.05, 0) is 31.2 Å². The van der Waals surface area contributed by atoms with E-state index in [2.05, 4.69) is 72.5 Å². The summed E-state index contributed by atoms with van der Waals surface area (Å²) < 4.78 is 2.51. The summed E-state index contributed by atoms with van der Waals surface area (Å²) in [6.45, 7) is 4.62. The molecule has 2 nitrogen and oxygen atoms in total. The zero-order chi connectivity index (χ0) is 31.9. The minimum absolute atomic E-state index is 0.603. The first kappa shape index (κ1) is 39.6. The van der Waals surface area contributed by atoms with E-state index in [9.17, 15) is 0 Å². The molecular weight excluding hydrogens is 544 g/mol. The van der Waals surface area contributed by atoms with E-state index in [1.807, 2.05) is 0 Å². The maximum atomic E-state index is 3.36. The highest BCUT2D eigenvalue weighted by Gasteiger charge is 2.26. The second-order valence-electron chi connectivity index (χ2n) is 14.5. The lowest BCUT2D eigenvalue weighted by Crippen LogP contribution is -2.42. The maximum Gasteiger partial charge on any atom is 0.241 e. The number of unbranched alkanes of at least 4 members (excludes halogenated alkanes) is 25. The zero-order valence-corrected chi connectivity index (χ0v) is 30.4. The van der Waals surface area contributed by atoms with Gasteiger partial charge in [-0.15, -0.1) is 0 Å². The van der Waals surface area contributed by atoms with Gasteiger partial charge >= 0.3 is 0 Å². The standard InChI is InChI=1S/C43H76N2/c1-3-5-7-9-11-13-15-17-19-20-22-24-26-31-35-42(39-41-33-29-28-30-34-41)43(45-38-37-44-40-45)36-32-27-25-23-21-18-16-14-12-10-8-6-4-2/h28-30,33-34,37-38,40,42-43H,3-27,31-32,35-36,39H2,1-2H3/p+1. The third-order valence-electron chi connectivity index (χ3n) is 10.4. The average molecular weight is 622 g/mol. The van der Waals surface area contributed by atoms with Crippen LogP contribution in [0.25, 0.3) is 0 Å². The first-order chi connectivity index (χ1) is 22.3. The van der Waals surface area contributed by atoms with Crippen LogP contribution in [0.4, 0.5) is 0 Å². The highest BCUT2D eigenvalue weighted by atomic mass is 15.1. The van der Waals surface area contributed by atoms with E-state index in [1.165, 1.54) is 198 Å². The van der Waals surface area contributed by atoms with Crippen molar-refractivity contribution >= 4 is 0 Å². The van der Waals surface area contributed by atoms with E-state index in [1.54, 1.807) is 0 Å². The van der Waals surface area contributed by atoms with E-state index in [0.717, 1.165) is 0 Å². The lowest BCUT2D eigenvalue weighted by Gasteiger charge is -2.25. The fraction of sp³-hybridized carbons (Fsp3) is 0.791. The molecule has 1 aromatic heterocycles. The average Bonchev–Trinajstić information content (AvgIpc) is 3.60. The van der Waals surface area contributed by atoms with Crippen molar-refractivity contribution in [2.75, 3.05) is 0 Å². The topological polar surface area (TPSA) is 19.7 Å². The van der Waals surface area contributed by atoms with E-state index in [-0.39, 0.29) is 0 Å². The number of hydrogen-bond donors (Lipinski definition) is 1. The summed E-state index contributed by atoms with van der Waals surface area (Å²) in [6, 6.07) is 11.9. The Hall–Kier alpha value is -1.57. The zero-order valence-electron chi connectivity index (χ0n) is 30.4. The molecule has 1 heterocycles. The molecule has 0 aliphatic carbocycles. The van der Waals surface area contributed by atoms with Crippen molar-refractivity contribution in [1.29, 1.82) is 0 Å². The third kappa shape index (κ3) is 21.8. The quantitative estimate of drug-likeness (QED) is 0.0604. The molecule has 45 heavy (non-hydrogen) atoms. The van der Waals surface area contributed by atoms with Gasteiger partial charge in [-0.2, -0.15) is 0 Å². The number of nitrogens with one attached hydrogen (secondary N) is 1. The second kappa shape index (κ2) is 29.8. The molecule has 0 spiro atoms. The Balaban J connectivity index is 1.67. The van der Waals surface area contributed by atoms with Gasteiger partial charge in [0.25, 0.3) is 0 Å². The summed E-state index contributed by atoms with van der Waals surface area (Å²) in [5.74, 6) is 0.711. The number of benzene rings is 1. The highest BCUT2D eigenvalue weighted by Crippen LogP contribution is 2.29. The molecule has 2 rings (SSSR count). The van der Waals surface area contributed by atoms with Gasteiger partial charge in [0.05, 0.1) is 0 Å². The molecule has 2 unspecified atom stereocenters. The first-order valence-electron chi connectivity index (χ1n) is 20.4. The van der Waals surface area contributed by atoms with Crippen LogP contribution in [0.5, 0.6) is 0 Å². The summed E-state index contributed by atoms with van der Waals surface area (Å²) in [6.07, 6.45) is 49.2. The Kier molecular flexibility index (Phi) is 26.2. The lowest BCUT2D eigenvalue weighted by molar-refractivity contribution is -0.730. The van der Waals surface area contributed by atoms with Crippen LogP contribution in [0.15, 0.2) is 49.1 Å². The Bertz CT molecular complexity index is 829. The largest absolute Gasteiger partial charge is 0.250 e. The van der Waals surface area contributed by atoms with Crippen molar-refractivity contribution < 1.29 is 4.57 Å². The number of imidazole rings is 1. The molecule has 2 atom stereocenters. The van der Waals surface area contributed by atoms with Crippen molar-refractivity contribution in [2.45, 2.75) is 213 Å². The summed E-state index contributed by atoms with van der Waals surface area (Å²) in [4.78, 5) is 3.36. The molecule has 0 saturated heterocycles. The van der Waals surface area contributed by atoms with Gasteiger partial charge in [0.15, 0.2) is 0 Å². The Morgan fingerprint density at radius 2 is 0.889 bits per heavy atom. The minimum Gasteiger partial charge on any atom is -0.250 e. The maximum absolute atomic E-state index is 3.36. The molecule has 0 fully saturated rings. The van der Waals surface area contributed by atoms with Crippen LogP contribution in [0.2, 0.25) is 0 Å². The highest BCUT2D eigenvalue weighted by molar-refractivity contribution is 5.15. The van der Waals surface area contributed by atoms with E-state index < -0.39 is 0 Å². The summed E-state index contributed by atoms with van der Waals surface area (Å²) >= 11 is 0. The summed E-state index contributed by atoms with van der Waals surface area (Å²) in [7, 11) is 0. The molecule has 0 saturated carbocycles. The van der Waals surface area contributed by atoms with Gasteiger partial charge in [0.1, 0.15) is 18.4 Å². The summed E-state index contributed by atoms with van der Waals surface area (Å²) in [5.41, 5.74) is 1.51. The molecule has 0 bridgehead atoms. The molecule has 258 valence electrons.